The Hall–Kier alpha value is -2.16. The van der Waals surface area contributed by atoms with E-state index in [2.05, 4.69) is 0 Å². The Morgan fingerprint density at radius 3 is 2.55 bits per heavy atom. The van der Waals surface area contributed by atoms with Crippen molar-refractivity contribution in [2.75, 3.05) is 7.11 Å². The Kier molecular flexibility index (Phi) is 3.05. The molecule has 1 aliphatic rings. The van der Waals surface area contributed by atoms with Crippen molar-refractivity contribution in [3.8, 4) is 0 Å². The van der Waals surface area contributed by atoms with Gasteiger partial charge in [-0.05, 0) is 35.2 Å². The number of hydrogen-bond acceptors (Lipinski definition) is 3. The molecule has 0 aromatic heterocycles. The van der Waals surface area contributed by atoms with E-state index in [0.29, 0.717) is 12.8 Å². The largest absolute Gasteiger partial charge is 0.468 e. The van der Waals surface area contributed by atoms with Crippen LogP contribution in [0.25, 0.3) is 10.8 Å². The lowest BCUT2D eigenvalue weighted by Gasteiger charge is -2.25. The molecule has 1 saturated carbocycles. The molecule has 0 spiro atoms. The van der Waals surface area contributed by atoms with Gasteiger partial charge in [-0.2, -0.15) is 0 Å². The van der Waals surface area contributed by atoms with E-state index in [-0.39, 0.29) is 5.78 Å². The maximum atomic E-state index is 12.3. The highest BCUT2D eigenvalue weighted by molar-refractivity contribution is 6.11. The molecule has 1 atom stereocenters. The quantitative estimate of drug-likeness (QED) is 0.621. The van der Waals surface area contributed by atoms with Crippen LogP contribution < -0.4 is 0 Å². The van der Waals surface area contributed by atoms with Gasteiger partial charge in [0.15, 0.2) is 11.2 Å². The number of fused-ring (bicyclic) bond motifs is 1. The molecule has 0 N–H and O–H groups in total. The van der Waals surface area contributed by atoms with E-state index in [1.54, 1.807) is 0 Å². The average molecular weight is 268 g/mol. The minimum Gasteiger partial charge on any atom is -0.468 e. The predicted octanol–water partition coefficient (Wildman–Crippen LogP) is 3.00. The second kappa shape index (κ2) is 4.75. The zero-order valence-electron chi connectivity index (χ0n) is 11.4. The molecule has 2 aromatic rings. The molecular weight excluding hydrogens is 252 g/mol. The lowest BCUT2D eigenvalue weighted by Crippen LogP contribution is -2.40. The summed E-state index contributed by atoms with van der Waals surface area (Å²) in [5.74, 6) is -0.463. The van der Waals surface area contributed by atoms with Gasteiger partial charge in [-0.25, -0.2) is 0 Å². The summed E-state index contributed by atoms with van der Waals surface area (Å²) in [7, 11) is 1.34. The van der Waals surface area contributed by atoms with Crippen LogP contribution in [0, 0.1) is 0 Å². The van der Waals surface area contributed by atoms with Gasteiger partial charge in [-0.15, -0.1) is 0 Å². The molecule has 0 bridgehead atoms. The Bertz CT molecular complexity index is 689. The fourth-order valence-electron chi connectivity index (χ4n) is 3.14. The van der Waals surface area contributed by atoms with Gasteiger partial charge >= 0.3 is 5.97 Å². The maximum absolute atomic E-state index is 12.3. The summed E-state index contributed by atoms with van der Waals surface area (Å²) in [6, 6.07) is 13.7. The van der Waals surface area contributed by atoms with Crippen LogP contribution in [0.1, 0.15) is 24.8 Å². The first-order chi connectivity index (χ1) is 9.68. The number of Topliss-reactive ketones (excluding diaryl/α,β-unsaturated/α-hetero) is 1. The average Bonchev–Trinajstić information content (AvgIpc) is 2.88. The van der Waals surface area contributed by atoms with E-state index in [1.807, 2.05) is 42.5 Å². The lowest BCUT2D eigenvalue weighted by molar-refractivity contribution is -0.150. The summed E-state index contributed by atoms with van der Waals surface area (Å²) >= 11 is 0. The van der Waals surface area contributed by atoms with Gasteiger partial charge in [-0.1, -0.05) is 36.4 Å². The zero-order valence-corrected chi connectivity index (χ0v) is 11.4. The van der Waals surface area contributed by atoms with E-state index >= 15 is 0 Å². The second-order valence-corrected chi connectivity index (χ2v) is 5.24. The highest BCUT2D eigenvalue weighted by atomic mass is 16.5. The number of ketones is 1. The summed E-state index contributed by atoms with van der Waals surface area (Å²) in [5, 5.41) is 2.13. The van der Waals surface area contributed by atoms with E-state index < -0.39 is 11.4 Å². The number of esters is 1. The first-order valence-electron chi connectivity index (χ1n) is 6.79. The second-order valence-electron chi connectivity index (χ2n) is 5.24. The number of rotatable bonds is 2. The minimum atomic E-state index is -1.10. The van der Waals surface area contributed by atoms with Crippen LogP contribution in [-0.2, 0) is 19.7 Å². The normalized spacial score (nSPS) is 22.1. The van der Waals surface area contributed by atoms with Gasteiger partial charge in [0.1, 0.15) is 0 Å². The molecule has 3 rings (SSSR count). The first-order valence-corrected chi connectivity index (χ1v) is 6.79. The molecular formula is C17H16O3. The van der Waals surface area contributed by atoms with Crippen molar-refractivity contribution in [1.29, 1.82) is 0 Å². The molecule has 2 aromatic carbocycles. The number of carbonyl (C=O) groups excluding carboxylic acids is 2. The van der Waals surface area contributed by atoms with Crippen molar-refractivity contribution >= 4 is 22.5 Å². The van der Waals surface area contributed by atoms with Crippen molar-refractivity contribution in [1.82, 2.24) is 0 Å². The van der Waals surface area contributed by atoms with Crippen molar-refractivity contribution in [2.45, 2.75) is 24.7 Å². The van der Waals surface area contributed by atoms with Crippen LogP contribution >= 0.6 is 0 Å². The van der Waals surface area contributed by atoms with Crippen molar-refractivity contribution in [2.24, 2.45) is 0 Å². The van der Waals surface area contributed by atoms with Crippen LogP contribution in [0.2, 0.25) is 0 Å². The van der Waals surface area contributed by atoms with Gasteiger partial charge in [0.2, 0.25) is 0 Å². The minimum absolute atomic E-state index is 0.0281. The van der Waals surface area contributed by atoms with Crippen LogP contribution in [0.15, 0.2) is 42.5 Å². The van der Waals surface area contributed by atoms with Crippen LogP contribution in [0.3, 0.4) is 0 Å². The summed E-state index contributed by atoms with van der Waals surface area (Å²) in [6.07, 6.45) is 1.72. The molecule has 0 radical (unpaired) electrons. The topological polar surface area (TPSA) is 43.4 Å². The zero-order chi connectivity index (χ0) is 14.2. The summed E-state index contributed by atoms with van der Waals surface area (Å²) in [5.41, 5.74) is -0.343. The molecule has 1 aliphatic carbocycles. The van der Waals surface area contributed by atoms with Crippen molar-refractivity contribution < 1.29 is 14.3 Å². The summed E-state index contributed by atoms with van der Waals surface area (Å²) in [4.78, 5) is 24.6. The van der Waals surface area contributed by atoms with Gasteiger partial charge in [0, 0.05) is 6.42 Å². The van der Waals surface area contributed by atoms with Crippen LogP contribution in [0.5, 0.6) is 0 Å². The molecule has 0 saturated heterocycles. The fourth-order valence-corrected chi connectivity index (χ4v) is 3.14. The van der Waals surface area contributed by atoms with Crippen LogP contribution in [-0.4, -0.2) is 18.9 Å². The Balaban J connectivity index is 2.19. The number of hydrogen-bond donors (Lipinski definition) is 0. The van der Waals surface area contributed by atoms with E-state index in [1.165, 1.54) is 7.11 Å². The molecule has 1 fully saturated rings. The number of methoxy groups -OCH3 is 1. The third-order valence-electron chi connectivity index (χ3n) is 4.21. The molecule has 3 nitrogen and oxygen atoms in total. The molecule has 0 heterocycles. The van der Waals surface area contributed by atoms with E-state index in [4.69, 9.17) is 4.74 Å². The molecule has 0 amide bonds. The number of ether oxygens (including phenoxy) is 1. The van der Waals surface area contributed by atoms with Crippen molar-refractivity contribution in [3.05, 3.63) is 48.0 Å². The standard InChI is InChI=1S/C17H16O3/c1-20-16(19)17(10-4-7-15(17)18)14-9-8-12-5-2-3-6-13(12)11-14/h2-3,5-6,8-9,11H,4,7,10H2,1H3/t17-/m0/s1. The molecule has 0 unspecified atom stereocenters. The van der Waals surface area contributed by atoms with Crippen molar-refractivity contribution in [3.63, 3.8) is 0 Å². The number of benzene rings is 2. The number of carbonyl (C=O) groups is 2. The molecule has 0 aliphatic heterocycles. The first kappa shape index (κ1) is 12.9. The van der Waals surface area contributed by atoms with E-state index in [0.717, 1.165) is 22.8 Å². The molecule has 102 valence electrons. The predicted molar refractivity (Wildman–Crippen MR) is 76.5 cm³/mol. The Morgan fingerprint density at radius 2 is 1.90 bits per heavy atom. The highest BCUT2D eigenvalue weighted by Crippen LogP contribution is 2.40. The lowest BCUT2D eigenvalue weighted by atomic mass is 9.77. The summed E-state index contributed by atoms with van der Waals surface area (Å²) < 4.78 is 4.91. The molecule has 20 heavy (non-hydrogen) atoms. The SMILES string of the molecule is COC(=O)[C@]1(c2ccc3ccccc3c2)CCCC1=O. The third-order valence-corrected chi connectivity index (χ3v) is 4.21. The smallest absolute Gasteiger partial charge is 0.323 e. The van der Waals surface area contributed by atoms with Gasteiger partial charge in [-0.3, -0.25) is 9.59 Å². The highest BCUT2D eigenvalue weighted by Gasteiger charge is 2.51. The van der Waals surface area contributed by atoms with Crippen LogP contribution in [0.4, 0.5) is 0 Å². The fraction of sp³-hybridized carbons (Fsp3) is 0.294. The molecule has 3 heteroatoms. The van der Waals surface area contributed by atoms with E-state index in [9.17, 15) is 9.59 Å². The Labute approximate surface area is 117 Å². The maximum Gasteiger partial charge on any atom is 0.323 e. The van der Waals surface area contributed by atoms with Gasteiger partial charge in [0.05, 0.1) is 7.11 Å². The third kappa shape index (κ3) is 1.73. The van der Waals surface area contributed by atoms with Gasteiger partial charge in [0.25, 0.3) is 0 Å². The summed E-state index contributed by atoms with van der Waals surface area (Å²) in [6.45, 7) is 0. The Morgan fingerprint density at radius 1 is 1.15 bits per heavy atom. The monoisotopic (exact) mass is 268 g/mol. The van der Waals surface area contributed by atoms with Gasteiger partial charge < -0.3 is 4.74 Å².